The molecule has 2 fully saturated rings. The molecule has 0 saturated carbocycles. The molecule has 1 aromatic heterocycles. The molecule has 4 aromatic rings. The van der Waals surface area contributed by atoms with Gasteiger partial charge in [-0.1, -0.05) is 13.0 Å². The Bertz CT molecular complexity index is 1630. The normalized spacial score (nSPS) is 19.9. The van der Waals surface area contributed by atoms with Crippen molar-refractivity contribution in [2.45, 2.75) is 44.9 Å². The van der Waals surface area contributed by atoms with Crippen LogP contribution in [0.5, 0.6) is 5.75 Å². The average Bonchev–Trinajstić information content (AvgIpc) is 3.67. The van der Waals surface area contributed by atoms with Gasteiger partial charge in [-0.15, -0.1) is 0 Å². The van der Waals surface area contributed by atoms with E-state index in [2.05, 4.69) is 27.0 Å². The molecule has 0 amide bonds. The molecule has 11 heteroatoms. The molecule has 3 aromatic carbocycles. The number of hydrogen-bond donors (Lipinski definition) is 1. The summed E-state index contributed by atoms with van der Waals surface area (Å²) in [7, 11) is 0. The first-order chi connectivity index (χ1) is 21.8. The summed E-state index contributed by atoms with van der Waals surface area (Å²) in [5.41, 5.74) is 3.09. The fraction of sp³-hybridized carbons (Fsp3) is 0.412. The number of hydrogen-bond acceptors (Lipinski definition) is 7. The monoisotopic (exact) mass is 619 g/mol. The van der Waals surface area contributed by atoms with Crippen LogP contribution in [-0.2, 0) is 4.74 Å². The van der Waals surface area contributed by atoms with Gasteiger partial charge in [0, 0.05) is 55.1 Å². The van der Waals surface area contributed by atoms with Crippen molar-refractivity contribution in [2.75, 3.05) is 49.2 Å². The number of aliphatic hydroxyl groups is 1. The first kappa shape index (κ1) is 30.8. The summed E-state index contributed by atoms with van der Waals surface area (Å²) >= 11 is 0. The molecule has 0 bridgehead atoms. The Morgan fingerprint density at radius 3 is 2.18 bits per heavy atom. The van der Waals surface area contributed by atoms with Gasteiger partial charge in [-0.3, -0.25) is 0 Å². The van der Waals surface area contributed by atoms with Crippen LogP contribution in [0.1, 0.15) is 44.4 Å². The molecule has 45 heavy (non-hydrogen) atoms. The van der Waals surface area contributed by atoms with Crippen LogP contribution in [0.4, 0.5) is 20.2 Å². The van der Waals surface area contributed by atoms with E-state index in [0.29, 0.717) is 31.6 Å². The highest BCUT2D eigenvalue weighted by Crippen LogP contribution is 2.34. The van der Waals surface area contributed by atoms with E-state index >= 15 is 0 Å². The molecule has 2 aliphatic heterocycles. The Hall–Kier alpha value is -4.22. The van der Waals surface area contributed by atoms with E-state index in [9.17, 15) is 18.7 Å². The topological polar surface area (TPSA) is 85.0 Å². The van der Waals surface area contributed by atoms with Gasteiger partial charge in [0.2, 0.25) is 0 Å². The summed E-state index contributed by atoms with van der Waals surface area (Å²) < 4.78 is 42.0. The van der Waals surface area contributed by atoms with Gasteiger partial charge < -0.3 is 24.4 Å². The SMILES string of the molecule is CC[C@@H](C(C)O)n1ncn(-c2ccc(N3CCN(c4ccc(OC[C@@H]5CO[C@@H](c6ccc(F)cc6F)C5)cc4)CC3)cc2)c1=O. The Labute approximate surface area is 261 Å². The summed E-state index contributed by atoms with van der Waals surface area (Å²) in [6, 6.07) is 19.2. The van der Waals surface area contributed by atoms with Gasteiger partial charge >= 0.3 is 5.69 Å². The van der Waals surface area contributed by atoms with Crippen LogP contribution in [0, 0.1) is 17.6 Å². The molecular formula is C34H39F2N5O4. The van der Waals surface area contributed by atoms with E-state index in [1.54, 1.807) is 6.92 Å². The fourth-order valence-electron chi connectivity index (χ4n) is 6.24. The minimum atomic E-state index is -0.668. The number of rotatable bonds is 10. The zero-order chi connectivity index (χ0) is 31.5. The maximum Gasteiger partial charge on any atom is 0.350 e. The molecule has 9 nitrogen and oxygen atoms in total. The van der Waals surface area contributed by atoms with E-state index in [4.69, 9.17) is 9.47 Å². The molecule has 0 radical (unpaired) electrons. The second-order valence-corrected chi connectivity index (χ2v) is 11.8. The van der Waals surface area contributed by atoms with Crippen molar-refractivity contribution in [1.29, 1.82) is 0 Å². The maximum atomic E-state index is 14.1. The second-order valence-electron chi connectivity index (χ2n) is 11.8. The van der Waals surface area contributed by atoms with Crippen molar-refractivity contribution in [1.82, 2.24) is 14.3 Å². The number of aromatic nitrogens is 3. The average molecular weight is 620 g/mol. The Kier molecular flexibility index (Phi) is 9.18. The second kappa shape index (κ2) is 13.4. The number of piperazine rings is 1. The van der Waals surface area contributed by atoms with Crippen LogP contribution in [0.15, 0.2) is 77.9 Å². The van der Waals surface area contributed by atoms with Gasteiger partial charge in [0.15, 0.2) is 0 Å². The Morgan fingerprint density at radius 2 is 1.58 bits per heavy atom. The third kappa shape index (κ3) is 6.74. The number of benzene rings is 3. The molecule has 1 unspecified atom stereocenters. The summed E-state index contributed by atoms with van der Waals surface area (Å²) in [5, 5.41) is 14.3. The van der Waals surface area contributed by atoms with E-state index in [1.165, 1.54) is 27.7 Å². The van der Waals surface area contributed by atoms with Crippen LogP contribution < -0.4 is 20.2 Å². The van der Waals surface area contributed by atoms with Crippen molar-refractivity contribution in [3.8, 4) is 11.4 Å². The van der Waals surface area contributed by atoms with Crippen LogP contribution in [0.25, 0.3) is 5.69 Å². The molecule has 0 aliphatic carbocycles. The van der Waals surface area contributed by atoms with Crippen molar-refractivity contribution < 1.29 is 23.4 Å². The minimum Gasteiger partial charge on any atom is -0.493 e. The number of halogens is 2. The van der Waals surface area contributed by atoms with Gasteiger partial charge in [0.25, 0.3) is 0 Å². The molecular weight excluding hydrogens is 580 g/mol. The van der Waals surface area contributed by atoms with Crippen molar-refractivity contribution in [3.63, 3.8) is 0 Å². The van der Waals surface area contributed by atoms with Crippen molar-refractivity contribution in [3.05, 3.63) is 101 Å². The summed E-state index contributed by atoms with van der Waals surface area (Å²) in [5.74, 6) is -0.266. The molecule has 2 saturated heterocycles. The zero-order valence-corrected chi connectivity index (χ0v) is 25.6. The molecule has 2 aliphatic rings. The summed E-state index contributed by atoms with van der Waals surface area (Å²) in [4.78, 5) is 17.6. The number of aliphatic hydroxyl groups excluding tert-OH is 1. The Balaban J connectivity index is 0.985. The fourth-order valence-corrected chi connectivity index (χ4v) is 6.24. The molecule has 1 N–H and O–H groups in total. The lowest BCUT2D eigenvalue weighted by atomic mass is 10.0. The predicted molar refractivity (Wildman–Crippen MR) is 168 cm³/mol. The van der Waals surface area contributed by atoms with Crippen LogP contribution >= 0.6 is 0 Å². The lowest BCUT2D eigenvalue weighted by Crippen LogP contribution is -2.46. The highest BCUT2D eigenvalue weighted by Gasteiger charge is 2.29. The highest BCUT2D eigenvalue weighted by atomic mass is 19.1. The molecule has 6 rings (SSSR count). The first-order valence-corrected chi connectivity index (χ1v) is 15.5. The minimum absolute atomic E-state index is 0.128. The van der Waals surface area contributed by atoms with E-state index < -0.39 is 17.7 Å². The number of ether oxygens (including phenoxy) is 2. The van der Waals surface area contributed by atoms with E-state index in [-0.39, 0.29) is 23.8 Å². The number of nitrogens with zero attached hydrogens (tertiary/aromatic N) is 5. The van der Waals surface area contributed by atoms with Gasteiger partial charge in [-0.2, -0.15) is 5.10 Å². The van der Waals surface area contributed by atoms with Crippen molar-refractivity contribution >= 4 is 11.4 Å². The zero-order valence-electron chi connectivity index (χ0n) is 25.6. The quantitative estimate of drug-likeness (QED) is 0.264. The lowest BCUT2D eigenvalue weighted by Gasteiger charge is -2.37. The van der Waals surface area contributed by atoms with Gasteiger partial charge in [0.05, 0.1) is 37.2 Å². The van der Waals surface area contributed by atoms with Gasteiger partial charge in [0.1, 0.15) is 23.7 Å². The Morgan fingerprint density at radius 1 is 0.956 bits per heavy atom. The standard InChI is InChI=1S/C34H39F2N5O4/c1-3-32(23(2)42)41-34(43)40(22-37-41)28-7-5-26(6-8-28)38-14-16-39(17-15-38)27-9-11-29(12-10-27)44-20-24-18-33(45-21-24)30-13-4-25(35)19-31(30)36/h4-13,19,22-24,32-33,42H,3,14-18,20-21H2,1-2H3/t23?,24-,32+,33-/m1/s1. The maximum absolute atomic E-state index is 14.1. The van der Waals surface area contributed by atoms with E-state index in [1.807, 2.05) is 43.3 Å². The van der Waals surface area contributed by atoms with Crippen LogP contribution in [0.3, 0.4) is 0 Å². The molecule has 238 valence electrons. The molecule has 4 atom stereocenters. The third-order valence-electron chi connectivity index (χ3n) is 8.83. The first-order valence-electron chi connectivity index (χ1n) is 15.5. The molecule has 0 spiro atoms. The smallest absolute Gasteiger partial charge is 0.350 e. The van der Waals surface area contributed by atoms with Crippen molar-refractivity contribution in [2.24, 2.45) is 5.92 Å². The predicted octanol–water partition coefficient (Wildman–Crippen LogP) is 5.13. The van der Waals surface area contributed by atoms with Gasteiger partial charge in [-0.05, 0) is 74.4 Å². The molecule has 3 heterocycles. The van der Waals surface area contributed by atoms with Crippen LogP contribution in [-0.4, -0.2) is 65.0 Å². The number of anilines is 2. The van der Waals surface area contributed by atoms with Gasteiger partial charge in [-0.25, -0.2) is 22.8 Å². The lowest BCUT2D eigenvalue weighted by molar-refractivity contribution is 0.100. The highest BCUT2D eigenvalue weighted by molar-refractivity contribution is 5.54. The van der Waals surface area contributed by atoms with Crippen LogP contribution in [0.2, 0.25) is 0 Å². The van der Waals surface area contributed by atoms with E-state index in [0.717, 1.165) is 55.1 Å². The largest absolute Gasteiger partial charge is 0.493 e. The summed E-state index contributed by atoms with van der Waals surface area (Å²) in [6.45, 7) is 7.99. The summed E-state index contributed by atoms with van der Waals surface area (Å²) in [6.07, 6.45) is 1.69. The third-order valence-corrected chi connectivity index (χ3v) is 8.83.